The van der Waals surface area contributed by atoms with Crippen molar-refractivity contribution in [3.8, 4) is 11.3 Å². The van der Waals surface area contributed by atoms with Gasteiger partial charge in [0.25, 0.3) is 0 Å². The molecule has 2 aromatic carbocycles. The molecule has 0 amide bonds. The third kappa shape index (κ3) is 3.52. The van der Waals surface area contributed by atoms with Gasteiger partial charge in [0, 0.05) is 11.3 Å². The number of carboxylic acids is 1. The average Bonchev–Trinajstić information content (AvgIpc) is 2.57. The standard InChI is InChI=1S/C18H15N3O2/c1-12-2-4-13(5-3-12)16-10-11-17(21-20-16)19-15-8-6-14(7-9-15)18(22)23/h2-11H,1H3,(H,19,21)(H,22,23). The smallest absolute Gasteiger partial charge is 0.335 e. The highest BCUT2D eigenvalue weighted by atomic mass is 16.4. The zero-order valence-corrected chi connectivity index (χ0v) is 12.5. The Morgan fingerprint density at radius 2 is 1.61 bits per heavy atom. The van der Waals surface area contributed by atoms with Crippen LogP contribution in [-0.2, 0) is 0 Å². The normalized spacial score (nSPS) is 10.3. The first kappa shape index (κ1) is 14.7. The molecule has 5 nitrogen and oxygen atoms in total. The highest BCUT2D eigenvalue weighted by molar-refractivity contribution is 5.88. The number of nitrogens with one attached hydrogen (secondary N) is 1. The highest BCUT2D eigenvalue weighted by Gasteiger charge is 2.04. The van der Waals surface area contributed by atoms with Gasteiger partial charge in [0.2, 0.25) is 0 Å². The molecule has 0 spiro atoms. The third-order valence-corrected chi connectivity index (χ3v) is 3.42. The van der Waals surface area contributed by atoms with Crippen LogP contribution in [0.15, 0.2) is 60.7 Å². The van der Waals surface area contributed by atoms with Gasteiger partial charge in [0.05, 0.1) is 11.3 Å². The topological polar surface area (TPSA) is 75.1 Å². The molecule has 5 heteroatoms. The lowest BCUT2D eigenvalue weighted by Crippen LogP contribution is -1.98. The Labute approximate surface area is 133 Å². The molecule has 0 atom stereocenters. The Morgan fingerprint density at radius 1 is 0.913 bits per heavy atom. The van der Waals surface area contributed by atoms with E-state index in [0.717, 1.165) is 16.9 Å². The molecular formula is C18H15N3O2. The number of hydrogen-bond donors (Lipinski definition) is 2. The molecule has 0 bridgehead atoms. The fourth-order valence-electron chi connectivity index (χ4n) is 2.12. The summed E-state index contributed by atoms with van der Waals surface area (Å²) in [5.41, 5.74) is 4.02. The fraction of sp³-hybridized carbons (Fsp3) is 0.0556. The van der Waals surface area contributed by atoms with E-state index in [1.165, 1.54) is 5.56 Å². The van der Waals surface area contributed by atoms with Crippen LogP contribution in [0.5, 0.6) is 0 Å². The van der Waals surface area contributed by atoms with E-state index in [4.69, 9.17) is 5.11 Å². The van der Waals surface area contributed by atoms with E-state index in [9.17, 15) is 4.79 Å². The SMILES string of the molecule is Cc1ccc(-c2ccc(Nc3ccc(C(=O)O)cc3)nn2)cc1. The average molecular weight is 305 g/mol. The molecule has 2 N–H and O–H groups in total. The predicted molar refractivity (Wildman–Crippen MR) is 88.9 cm³/mol. The first-order chi connectivity index (χ1) is 11.1. The quantitative estimate of drug-likeness (QED) is 0.764. The van der Waals surface area contributed by atoms with Gasteiger partial charge in [-0.1, -0.05) is 29.8 Å². The summed E-state index contributed by atoms with van der Waals surface area (Å²) < 4.78 is 0. The lowest BCUT2D eigenvalue weighted by Gasteiger charge is -2.06. The van der Waals surface area contributed by atoms with Gasteiger partial charge in [0.15, 0.2) is 5.82 Å². The molecule has 3 aromatic rings. The van der Waals surface area contributed by atoms with Crippen molar-refractivity contribution in [2.45, 2.75) is 6.92 Å². The van der Waals surface area contributed by atoms with Gasteiger partial charge < -0.3 is 10.4 Å². The lowest BCUT2D eigenvalue weighted by atomic mass is 10.1. The minimum Gasteiger partial charge on any atom is -0.478 e. The Hall–Kier alpha value is -3.21. The van der Waals surface area contributed by atoms with Crippen LogP contribution in [0.3, 0.4) is 0 Å². The number of carboxylic acid groups (broad SMARTS) is 1. The van der Waals surface area contributed by atoms with Gasteiger partial charge in [-0.15, -0.1) is 10.2 Å². The molecule has 0 fully saturated rings. The fourth-order valence-corrected chi connectivity index (χ4v) is 2.12. The van der Waals surface area contributed by atoms with Gasteiger partial charge in [-0.05, 0) is 43.3 Å². The summed E-state index contributed by atoms with van der Waals surface area (Å²) in [5, 5.41) is 20.3. The van der Waals surface area contributed by atoms with Crippen molar-refractivity contribution in [3.63, 3.8) is 0 Å². The van der Waals surface area contributed by atoms with Crippen LogP contribution in [0, 0.1) is 6.92 Å². The first-order valence-corrected chi connectivity index (χ1v) is 7.13. The Bertz CT molecular complexity index is 810. The van der Waals surface area contributed by atoms with Gasteiger partial charge in [-0.2, -0.15) is 0 Å². The molecule has 1 heterocycles. The van der Waals surface area contributed by atoms with Crippen molar-refractivity contribution >= 4 is 17.5 Å². The van der Waals surface area contributed by atoms with Crippen LogP contribution in [0.2, 0.25) is 0 Å². The van der Waals surface area contributed by atoms with Crippen LogP contribution in [-0.4, -0.2) is 21.3 Å². The van der Waals surface area contributed by atoms with E-state index in [1.54, 1.807) is 24.3 Å². The number of hydrogen-bond acceptors (Lipinski definition) is 4. The van der Waals surface area contributed by atoms with Crippen molar-refractivity contribution < 1.29 is 9.90 Å². The largest absolute Gasteiger partial charge is 0.478 e. The van der Waals surface area contributed by atoms with Crippen molar-refractivity contribution in [2.24, 2.45) is 0 Å². The third-order valence-electron chi connectivity index (χ3n) is 3.42. The number of aromatic carboxylic acids is 1. The summed E-state index contributed by atoms with van der Waals surface area (Å²) in [5.74, 6) is -0.345. The van der Waals surface area contributed by atoms with Crippen molar-refractivity contribution in [1.82, 2.24) is 10.2 Å². The van der Waals surface area contributed by atoms with E-state index >= 15 is 0 Å². The van der Waals surface area contributed by atoms with Gasteiger partial charge in [-0.25, -0.2) is 4.79 Å². The zero-order chi connectivity index (χ0) is 16.2. The second-order valence-corrected chi connectivity index (χ2v) is 5.18. The molecule has 0 unspecified atom stereocenters. The Balaban J connectivity index is 1.74. The second kappa shape index (κ2) is 6.27. The molecule has 23 heavy (non-hydrogen) atoms. The second-order valence-electron chi connectivity index (χ2n) is 5.18. The number of carbonyl (C=O) groups is 1. The monoisotopic (exact) mass is 305 g/mol. The van der Waals surface area contributed by atoms with Crippen LogP contribution in [0.4, 0.5) is 11.5 Å². The number of anilines is 2. The van der Waals surface area contributed by atoms with Crippen LogP contribution >= 0.6 is 0 Å². The van der Waals surface area contributed by atoms with Crippen molar-refractivity contribution in [3.05, 3.63) is 71.8 Å². The summed E-state index contributed by atoms with van der Waals surface area (Å²) in [4.78, 5) is 10.8. The summed E-state index contributed by atoms with van der Waals surface area (Å²) >= 11 is 0. The minimum atomic E-state index is -0.946. The van der Waals surface area contributed by atoms with Gasteiger partial charge in [-0.3, -0.25) is 0 Å². The maximum absolute atomic E-state index is 10.8. The predicted octanol–water partition coefficient (Wildman–Crippen LogP) is 3.89. The minimum absolute atomic E-state index is 0.247. The molecular weight excluding hydrogens is 290 g/mol. The number of benzene rings is 2. The molecule has 114 valence electrons. The van der Waals surface area contributed by atoms with Crippen molar-refractivity contribution in [1.29, 1.82) is 0 Å². The van der Waals surface area contributed by atoms with Crippen LogP contribution in [0.1, 0.15) is 15.9 Å². The van der Waals surface area contributed by atoms with Crippen LogP contribution in [0.25, 0.3) is 11.3 Å². The summed E-state index contributed by atoms with van der Waals surface area (Å²) in [6.07, 6.45) is 0. The van der Waals surface area contributed by atoms with Crippen molar-refractivity contribution in [2.75, 3.05) is 5.32 Å². The highest BCUT2D eigenvalue weighted by Crippen LogP contribution is 2.19. The van der Waals surface area contributed by atoms with E-state index < -0.39 is 5.97 Å². The number of rotatable bonds is 4. The zero-order valence-electron chi connectivity index (χ0n) is 12.5. The van der Waals surface area contributed by atoms with Crippen LogP contribution < -0.4 is 5.32 Å². The number of nitrogens with zero attached hydrogens (tertiary/aromatic N) is 2. The van der Waals surface area contributed by atoms with E-state index in [1.807, 2.05) is 43.3 Å². The maximum Gasteiger partial charge on any atom is 0.335 e. The molecule has 0 radical (unpaired) electrons. The molecule has 1 aromatic heterocycles. The summed E-state index contributed by atoms with van der Waals surface area (Å²) in [7, 11) is 0. The first-order valence-electron chi connectivity index (χ1n) is 7.13. The molecule has 0 aliphatic rings. The summed E-state index contributed by atoms with van der Waals surface area (Å²) in [6, 6.07) is 18.3. The van der Waals surface area contributed by atoms with E-state index in [2.05, 4.69) is 15.5 Å². The number of aryl methyl sites for hydroxylation is 1. The van der Waals surface area contributed by atoms with E-state index in [0.29, 0.717) is 5.82 Å². The van der Waals surface area contributed by atoms with Gasteiger partial charge >= 0.3 is 5.97 Å². The molecule has 0 saturated heterocycles. The number of aromatic nitrogens is 2. The molecule has 0 aliphatic heterocycles. The lowest BCUT2D eigenvalue weighted by molar-refractivity contribution is 0.0697. The Kier molecular flexibility index (Phi) is 4.01. The Morgan fingerprint density at radius 3 is 2.17 bits per heavy atom. The molecule has 3 rings (SSSR count). The molecule has 0 saturated carbocycles. The van der Waals surface area contributed by atoms with E-state index in [-0.39, 0.29) is 5.56 Å². The maximum atomic E-state index is 10.8. The van der Waals surface area contributed by atoms with Gasteiger partial charge in [0.1, 0.15) is 0 Å². The summed E-state index contributed by atoms with van der Waals surface area (Å²) in [6.45, 7) is 2.04. The molecule has 0 aliphatic carbocycles.